The molecule has 0 saturated heterocycles. The molecule has 2 aromatic heterocycles. The van der Waals surface area contributed by atoms with Gasteiger partial charge in [-0.2, -0.15) is 0 Å². The zero-order valence-corrected chi connectivity index (χ0v) is 33.4. The molecule has 5 nitrogen and oxygen atoms in total. The number of aromatic nitrogens is 2. The van der Waals surface area contributed by atoms with Crippen molar-refractivity contribution in [3.8, 4) is 11.1 Å². The van der Waals surface area contributed by atoms with Gasteiger partial charge in [0.15, 0.2) is 0 Å². The first-order chi connectivity index (χ1) is 29.0. The Balaban J connectivity index is 0.901. The van der Waals surface area contributed by atoms with Gasteiger partial charge >= 0.3 is 0 Å². The second-order valence-electron chi connectivity index (χ2n) is 16.1. The molecule has 0 saturated carbocycles. The van der Waals surface area contributed by atoms with Crippen molar-refractivity contribution in [1.82, 2.24) is 9.97 Å². The highest BCUT2D eigenvalue weighted by Crippen LogP contribution is 2.51. The Morgan fingerprint density at radius 1 is 0.542 bits per heavy atom. The fraction of sp³-hybridized carbons (Fsp3) is 0.0755. The van der Waals surface area contributed by atoms with Crippen LogP contribution in [0.15, 0.2) is 181 Å². The van der Waals surface area contributed by atoms with E-state index in [-0.39, 0.29) is 5.41 Å². The summed E-state index contributed by atoms with van der Waals surface area (Å²) in [7, 11) is 0. The molecule has 59 heavy (non-hydrogen) atoms. The Hall–Kier alpha value is -7.15. The molecule has 2 aliphatic rings. The molecule has 0 radical (unpaired) electrons. The third kappa shape index (κ3) is 5.33. The number of aliphatic imine (C=N–C) groups is 1. The molecule has 0 spiro atoms. The fourth-order valence-corrected chi connectivity index (χ4v) is 10.4. The molecular weight excluding hydrogens is 739 g/mol. The van der Waals surface area contributed by atoms with Crippen molar-refractivity contribution >= 4 is 87.3 Å². The van der Waals surface area contributed by atoms with Crippen LogP contribution in [0.4, 0.5) is 28.4 Å². The monoisotopic (exact) mass is 775 g/mol. The van der Waals surface area contributed by atoms with Gasteiger partial charge in [-0.25, -0.2) is 9.97 Å². The number of anilines is 5. The molecule has 0 fully saturated rings. The van der Waals surface area contributed by atoms with Gasteiger partial charge in [0, 0.05) is 48.2 Å². The van der Waals surface area contributed by atoms with Gasteiger partial charge in [-0.15, -0.1) is 11.3 Å². The lowest BCUT2D eigenvalue weighted by atomic mass is 9.76. The van der Waals surface area contributed by atoms with Crippen LogP contribution < -0.4 is 9.80 Å². The van der Waals surface area contributed by atoms with Crippen LogP contribution in [0.3, 0.4) is 0 Å². The van der Waals surface area contributed by atoms with Gasteiger partial charge < -0.3 is 4.90 Å². The molecule has 10 aromatic rings. The predicted molar refractivity (Wildman–Crippen MR) is 247 cm³/mol. The third-order valence-electron chi connectivity index (χ3n) is 12.3. The largest absolute Gasteiger partial charge is 0.310 e. The normalized spacial score (nSPS) is 14.1. The van der Waals surface area contributed by atoms with Gasteiger partial charge in [0.25, 0.3) is 0 Å². The summed E-state index contributed by atoms with van der Waals surface area (Å²) in [4.78, 5) is 19.3. The van der Waals surface area contributed by atoms with Crippen molar-refractivity contribution in [3.63, 3.8) is 0 Å². The molecule has 0 amide bonds. The lowest BCUT2D eigenvalue weighted by Crippen LogP contribution is -2.40. The van der Waals surface area contributed by atoms with Crippen LogP contribution in [0, 0.1) is 0 Å². The number of benzene rings is 8. The van der Waals surface area contributed by atoms with Gasteiger partial charge in [0.2, 0.25) is 0 Å². The van der Waals surface area contributed by atoms with Crippen molar-refractivity contribution in [2.45, 2.75) is 25.8 Å². The molecule has 8 aromatic carbocycles. The van der Waals surface area contributed by atoms with Gasteiger partial charge in [0.1, 0.15) is 12.2 Å². The second-order valence-corrected chi connectivity index (χ2v) is 17.2. The second kappa shape index (κ2) is 12.9. The highest BCUT2D eigenvalue weighted by molar-refractivity contribution is 7.25. The molecule has 6 heteroatoms. The van der Waals surface area contributed by atoms with E-state index in [9.17, 15) is 0 Å². The SMILES string of the molecule is CC1(C)c2ccccc2N2C(c3ccc4cc(-c5ccc(N(c6ccc7ccccc7c6)c6ccc7sc8ccccc8c7c6)cc5)ccc4c3)=NCc3ncnc1c32. The number of rotatable bonds is 5. The van der Waals surface area contributed by atoms with E-state index in [0.717, 1.165) is 51.2 Å². The maximum atomic E-state index is 5.14. The van der Waals surface area contributed by atoms with Crippen LogP contribution in [-0.4, -0.2) is 15.8 Å². The van der Waals surface area contributed by atoms with Crippen LogP contribution in [0.5, 0.6) is 0 Å². The van der Waals surface area contributed by atoms with Crippen LogP contribution in [0.2, 0.25) is 0 Å². The number of hydrogen-bond donors (Lipinski definition) is 0. The van der Waals surface area contributed by atoms with Gasteiger partial charge in [-0.3, -0.25) is 9.89 Å². The van der Waals surface area contributed by atoms with Gasteiger partial charge in [0.05, 0.1) is 29.3 Å². The predicted octanol–water partition coefficient (Wildman–Crippen LogP) is 14.0. The Bertz CT molecular complexity index is 3360. The maximum Gasteiger partial charge on any atom is 0.140 e. The Labute approximate surface area is 346 Å². The summed E-state index contributed by atoms with van der Waals surface area (Å²) in [6.45, 7) is 5.04. The summed E-state index contributed by atoms with van der Waals surface area (Å²) >= 11 is 1.85. The summed E-state index contributed by atoms with van der Waals surface area (Å²) in [5, 5.41) is 7.39. The first kappa shape index (κ1) is 33.9. The molecular formula is C53H37N5S. The molecule has 0 bridgehead atoms. The number of fused-ring (bicyclic) bond motifs is 7. The van der Waals surface area contributed by atoms with Crippen LogP contribution >= 0.6 is 11.3 Å². The molecule has 2 aliphatic heterocycles. The zero-order valence-electron chi connectivity index (χ0n) is 32.6. The topological polar surface area (TPSA) is 44.6 Å². The smallest absolute Gasteiger partial charge is 0.140 e. The minimum Gasteiger partial charge on any atom is -0.310 e. The summed E-state index contributed by atoms with van der Waals surface area (Å²) < 4.78 is 2.61. The van der Waals surface area contributed by atoms with E-state index in [1.807, 2.05) is 11.3 Å². The third-order valence-corrected chi connectivity index (χ3v) is 13.4. The van der Waals surface area contributed by atoms with E-state index >= 15 is 0 Å². The quantitative estimate of drug-likeness (QED) is 0.175. The van der Waals surface area contributed by atoms with E-state index in [0.29, 0.717) is 6.54 Å². The van der Waals surface area contributed by atoms with Crippen LogP contribution in [0.1, 0.15) is 36.4 Å². The molecule has 12 rings (SSSR count). The van der Waals surface area contributed by atoms with E-state index in [2.05, 4.69) is 198 Å². The van der Waals surface area contributed by atoms with Crippen molar-refractivity contribution in [2.24, 2.45) is 4.99 Å². The molecule has 0 atom stereocenters. The molecule has 0 aliphatic carbocycles. The first-order valence-corrected chi connectivity index (χ1v) is 20.9. The Morgan fingerprint density at radius 3 is 2.07 bits per heavy atom. The number of hydrogen-bond acceptors (Lipinski definition) is 6. The summed E-state index contributed by atoms with van der Waals surface area (Å²) in [6, 6.07) is 62.1. The van der Waals surface area contributed by atoms with Crippen LogP contribution in [-0.2, 0) is 12.0 Å². The minimum absolute atomic E-state index is 0.247. The standard InChI is InChI=1S/C53H37N5S/c1-53(2)45-12-6-7-13-47(45)58-50-46(55-32-56-51(50)53)31-54-52(58)39-18-17-37-27-36(15-16-38(37)28-39)34-19-22-40(23-20-34)57(41-24-21-33-9-3-4-10-35(33)29-41)42-25-26-49-44(30-42)43-11-5-8-14-48(43)59-49/h3-30,32H,31H2,1-2H3. The Kier molecular flexibility index (Phi) is 7.44. The molecule has 280 valence electrons. The average molecular weight is 776 g/mol. The van der Waals surface area contributed by atoms with Gasteiger partial charge in [-0.1, -0.05) is 103 Å². The summed E-state index contributed by atoms with van der Waals surface area (Å²) in [5.74, 6) is 0.931. The maximum absolute atomic E-state index is 5.14. The van der Waals surface area contributed by atoms with Crippen molar-refractivity contribution < 1.29 is 0 Å². The number of nitrogens with zero attached hydrogens (tertiary/aromatic N) is 5. The van der Waals surface area contributed by atoms with Gasteiger partial charge in [-0.05, 0) is 119 Å². The number of amidine groups is 1. The molecule has 4 heterocycles. The lowest BCUT2D eigenvalue weighted by molar-refractivity contribution is 0.601. The van der Waals surface area contributed by atoms with E-state index < -0.39 is 0 Å². The van der Waals surface area contributed by atoms with Crippen LogP contribution in [0.25, 0.3) is 52.8 Å². The summed E-state index contributed by atoms with van der Waals surface area (Å²) in [6.07, 6.45) is 1.69. The fourth-order valence-electron chi connectivity index (χ4n) is 9.31. The van der Waals surface area contributed by atoms with E-state index in [1.165, 1.54) is 58.4 Å². The van der Waals surface area contributed by atoms with Crippen molar-refractivity contribution in [3.05, 3.63) is 199 Å². The van der Waals surface area contributed by atoms with E-state index in [1.54, 1.807) is 6.33 Å². The molecule has 0 N–H and O–H groups in total. The first-order valence-electron chi connectivity index (χ1n) is 20.1. The zero-order chi connectivity index (χ0) is 39.2. The Morgan fingerprint density at radius 2 is 1.19 bits per heavy atom. The minimum atomic E-state index is -0.247. The number of para-hydroxylation sites is 1. The van der Waals surface area contributed by atoms with Crippen molar-refractivity contribution in [1.29, 1.82) is 0 Å². The van der Waals surface area contributed by atoms with Crippen molar-refractivity contribution in [2.75, 3.05) is 9.80 Å². The van der Waals surface area contributed by atoms with E-state index in [4.69, 9.17) is 9.98 Å². The molecule has 0 unspecified atom stereocenters. The average Bonchev–Trinajstić information content (AvgIpc) is 3.66. The lowest BCUT2D eigenvalue weighted by Gasteiger charge is -2.43. The number of thiophene rings is 1. The highest BCUT2D eigenvalue weighted by Gasteiger charge is 2.42. The summed E-state index contributed by atoms with van der Waals surface area (Å²) in [5.41, 5.74) is 12.0. The highest BCUT2D eigenvalue weighted by atomic mass is 32.1.